The number of rotatable bonds is 3. The number of alkyl halides is 5. The normalized spacial score (nSPS) is 32.6. The van der Waals surface area contributed by atoms with E-state index >= 15 is 0 Å². The first-order chi connectivity index (χ1) is 8.22. The first kappa shape index (κ1) is 12.4. The summed E-state index contributed by atoms with van der Waals surface area (Å²) in [6.07, 6.45) is 0.182. The molecule has 0 radical (unpaired) electrons. The molecule has 0 amide bonds. The molecule has 2 atom stereocenters. The maximum atomic E-state index is 12.9. The molecular formula is C8H6F5N3S2. The minimum atomic E-state index is -4.42. The van der Waals surface area contributed by atoms with E-state index in [0.717, 1.165) is 11.3 Å². The molecule has 2 saturated carbocycles. The van der Waals surface area contributed by atoms with Crippen molar-refractivity contribution in [2.75, 3.05) is 5.32 Å². The van der Waals surface area contributed by atoms with Gasteiger partial charge in [-0.1, -0.05) is 11.3 Å². The molecule has 0 saturated heterocycles. The van der Waals surface area contributed by atoms with Gasteiger partial charge < -0.3 is 5.32 Å². The summed E-state index contributed by atoms with van der Waals surface area (Å²) in [5.74, 6) is -2.64. The smallest absolute Gasteiger partial charge is 0.357 e. The molecule has 18 heavy (non-hydrogen) atoms. The molecule has 1 aromatic heterocycles. The van der Waals surface area contributed by atoms with Crippen molar-refractivity contribution in [3.63, 3.8) is 0 Å². The summed E-state index contributed by atoms with van der Waals surface area (Å²) in [6.45, 7) is 0. The highest BCUT2D eigenvalue weighted by molar-refractivity contribution is 8.01. The fraction of sp³-hybridized carbons (Fsp3) is 0.750. The van der Waals surface area contributed by atoms with Crippen LogP contribution in [0.15, 0.2) is 4.34 Å². The minimum Gasteiger partial charge on any atom is -0.357 e. The zero-order valence-corrected chi connectivity index (χ0v) is 10.2. The summed E-state index contributed by atoms with van der Waals surface area (Å²) in [4.78, 5) is 0. The second-order valence-corrected chi connectivity index (χ2v) is 6.65. The fourth-order valence-corrected chi connectivity index (χ4v) is 3.50. The number of anilines is 1. The summed E-state index contributed by atoms with van der Waals surface area (Å²) >= 11 is 0.363. The first-order valence-corrected chi connectivity index (χ1v) is 6.59. The number of halogens is 5. The second-order valence-electron chi connectivity index (χ2n) is 4.36. The van der Waals surface area contributed by atoms with Crippen molar-refractivity contribution in [1.29, 1.82) is 0 Å². The molecule has 1 heterocycles. The van der Waals surface area contributed by atoms with E-state index in [1.165, 1.54) is 0 Å². The summed E-state index contributed by atoms with van der Waals surface area (Å²) in [6, 6.07) is -0.399. The quantitative estimate of drug-likeness (QED) is 0.686. The Morgan fingerprint density at radius 3 is 2.50 bits per heavy atom. The number of thioether (sulfide) groups is 1. The molecule has 0 aliphatic heterocycles. The van der Waals surface area contributed by atoms with Crippen LogP contribution in [0.25, 0.3) is 0 Å². The lowest BCUT2D eigenvalue weighted by atomic mass is 10.4. The van der Waals surface area contributed by atoms with Gasteiger partial charge in [0.25, 0.3) is 5.92 Å². The molecular weight excluding hydrogens is 297 g/mol. The Labute approximate surface area is 106 Å². The number of hydrogen-bond acceptors (Lipinski definition) is 5. The maximum absolute atomic E-state index is 12.9. The van der Waals surface area contributed by atoms with Crippen LogP contribution in [0.4, 0.5) is 27.1 Å². The third-order valence-electron chi connectivity index (χ3n) is 3.12. The van der Waals surface area contributed by atoms with E-state index in [0.29, 0.717) is 6.42 Å². The molecule has 1 spiro atoms. The summed E-state index contributed by atoms with van der Waals surface area (Å²) in [5, 5.41) is 9.73. The summed E-state index contributed by atoms with van der Waals surface area (Å²) < 4.78 is 61.7. The highest BCUT2D eigenvalue weighted by atomic mass is 32.2. The van der Waals surface area contributed by atoms with Crippen molar-refractivity contribution in [2.45, 2.75) is 34.7 Å². The lowest BCUT2D eigenvalue weighted by Crippen LogP contribution is -2.08. The molecule has 2 fully saturated rings. The Morgan fingerprint density at radius 1 is 1.33 bits per heavy atom. The molecule has 2 unspecified atom stereocenters. The molecule has 3 nitrogen and oxygen atoms in total. The first-order valence-electron chi connectivity index (χ1n) is 4.95. The Bertz CT molecular complexity index is 487. The van der Waals surface area contributed by atoms with Crippen LogP contribution in [0.2, 0.25) is 0 Å². The van der Waals surface area contributed by atoms with Crippen molar-refractivity contribution in [3.8, 4) is 0 Å². The maximum Gasteiger partial charge on any atom is 0.448 e. The Hall–Kier alpha value is -0.640. The fourth-order valence-electron chi connectivity index (χ4n) is 2.00. The van der Waals surface area contributed by atoms with Gasteiger partial charge in [-0.05, 0) is 6.42 Å². The van der Waals surface area contributed by atoms with Gasteiger partial charge >= 0.3 is 5.51 Å². The van der Waals surface area contributed by atoms with Crippen molar-refractivity contribution < 1.29 is 22.0 Å². The van der Waals surface area contributed by atoms with Gasteiger partial charge in [-0.2, -0.15) is 13.2 Å². The van der Waals surface area contributed by atoms with Crippen LogP contribution in [-0.2, 0) is 0 Å². The van der Waals surface area contributed by atoms with E-state index in [1.54, 1.807) is 0 Å². The lowest BCUT2D eigenvalue weighted by molar-refractivity contribution is -0.0328. The van der Waals surface area contributed by atoms with Gasteiger partial charge in [-0.3, -0.25) is 0 Å². The van der Waals surface area contributed by atoms with Gasteiger partial charge in [-0.15, -0.1) is 10.2 Å². The number of nitrogens with zero attached hydrogens (tertiary/aromatic N) is 2. The van der Waals surface area contributed by atoms with Crippen LogP contribution in [-0.4, -0.2) is 27.7 Å². The summed E-state index contributed by atoms with van der Waals surface area (Å²) in [5.41, 5.74) is -5.39. The molecule has 3 rings (SSSR count). The molecule has 2 aliphatic carbocycles. The molecule has 100 valence electrons. The molecule has 0 aromatic carbocycles. The number of hydrogen-bond donors (Lipinski definition) is 1. The monoisotopic (exact) mass is 303 g/mol. The van der Waals surface area contributed by atoms with E-state index in [1.807, 2.05) is 0 Å². The summed E-state index contributed by atoms with van der Waals surface area (Å²) in [7, 11) is 0. The van der Waals surface area contributed by atoms with Gasteiger partial charge in [0.05, 0.1) is 5.41 Å². The van der Waals surface area contributed by atoms with Crippen LogP contribution in [0.3, 0.4) is 0 Å². The Morgan fingerprint density at radius 2 is 2.00 bits per heavy atom. The van der Waals surface area contributed by atoms with Gasteiger partial charge in [0.15, 0.2) is 4.34 Å². The molecule has 1 N–H and O–H groups in total. The minimum absolute atomic E-state index is 0.152. The molecule has 0 bridgehead atoms. The third-order valence-corrected chi connectivity index (χ3v) is 4.76. The van der Waals surface area contributed by atoms with Crippen molar-refractivity contribution >= 4 is 28.2 Å². The van der Waals surface area contributed by atoms with Gasteiger partial charge in [0, 0.05) is 24.2 Å². The largest absolute Gasteiger partial charge is 0.448 e. The van der Waals surface area contributed by atoms with E-state index in [9.17, 15) is 22.0 Å². The van der Waals surface area contributed by atoms with Gasteiger partial charge in [0.1, 0.15) is 0 Å². The number of nitrogens with one attached hydrogen (secondary N) is 1. The average Bonchev–Trinajstić information content (AvgIpc) is 2.89. The van der Waals surface area contributed by atoms with Crippen molar-refractivity contribution in [3.05, 3.63) is 0 Å². The van der Waals surface area contributed by atoms with Gasteiger partial charge in [0.2, 0.25) is 5.13 Å². The van der Waals surface area contributed by atoms with E-state index in [4.69, 9.17) is 0 Å². The van der Waals surface area contributed by atoms with Crippen LogP contribution in [0.5, 0.6) is 0 Å². The molecule has 1 aromatic rings. The zero-order chi connectivity index (χ0) is 13.2. The third kappa shape index (κ3) is 2.04. The SMILES string of the molecule is FC(F)(F)Sc1nnc(NC2CC23CC3(F)F)s1. The predicted octanol–water partition coefficient (Wildman–Crippen LogP) is 3.36. The Kier molecular flexibility index (Phi) is 2.39. The average molecular weight is 303 g/mol. The predicted molar refractivity (Wildman–Crippen MR) is 55.8 cm³/mol. The lowest BCUT2D eigenvalue weighted by Gasteiger charge is -2.00. The van der Waals surface area contributed by atoms with Gasteiger partial charge in [-0.25, -0.2) is 8.78 Å². The highest BCUT2D eigenvalue weighted by Crippen LogP contribution is 2.76. The van der Waals surface area contributed by atoms with Crippen LogP contribution in [0, 0.1) is 5.41 Å². The standard InChI is InChI=1S/C8H6F5N3S2/c9-7(10)2-6(7)1-3(6)14-4-15-16-5(17-4)18-8(11,12)13/h3H,1-2H2,(H,14,15). The van der Waals surface area contributed by atoms with Crippen molar-refractivity contribution in [1.82, 2.24) is 10.2 Å². The molecule has 10 heteroatoms. The topological polar surface area (TPSA) is 37.8 Å². The highest BCUT2D eigenvalue weighted by Gasteiger charge is 2.83. The van der Waals surface area contributed by atoms with Crippen LogP contribution in [0.1, 0.15) is 12.8 Å². The van der Waals surface area contributed by atoms with Crippen LogP contribution >= 0.6 is 23.1 Å². The van der Waals surface area contributed by atoms with E-state index in [2.05, 4.69) is 15.5 Å². The molecule has 2 aliphatic rings. The Balaban J connectivity index is 1.59. The zero-order valence-electron chi connectivity index (χ0n) is 8.59. The van der Waals surface area contributed by atoms with Crippen LogP contribution < -0.4 is 5.32 Å². The van der Waals surface area contributed by atoms with E-state index < -0.39 is 22.9 Å². The van der Waals surface area contributed by atoms with Crippen molar-refractivity contribution in [2.24, 2.45) is 5.41 Å². The second kappa shape index (κ2) is 3.47. The van der Waals surface area contributed by atoms with E-state index in [-0.39, 0.29) is 27.7 Å². The number of aromatic nitrogens is 2.